The molecule has 1 atom stereocenters. The van der Waals surface area contributed by atoms with Gasteiger partial charge < -0.3 is 19.9 Å². The number of rotatable bonds is 9. The molecule has 1 aromatic carbocycles. The van der Waals surface area contributed by atoms with E-state index in [2.05, 4.69) is 5.32 Å². The molecule has 2 rings (SSSR count). The monoisotopic (exact) mass is 293 g/mol. The zero-order valence-electron chi connectivity index (χ0n) is 12.6. The molecule has 5 heteroatoms. The first-order valence-corrected chi connectivity index (χ1v) is 7.43. The number of ether oxygens (including phenoxy) is 2. The summed E-state index contributed by atoms with van der Waals surface area (Å²) in [7, 11) is 1.57. The summed E-state index contributed by atoms with van der Waals surface area (Å²) in [5.41, 5.74) is 1.11. The van der Waals surface area contributed by atoms with Gasteiger partial charge in [0, 0.05) is 12.6 Å². The second-order valence-electron chi connectivity index (χ2n) is 5.37. The van der Waals surface area contributed by atoms with Crippen LogP contribution in [-0.4, -0.2) is 30.3 Å². The summed E-state index contributed by atoms with van der Waals surface area (Å²) in [6.45, 7) is 2.72. The van der Waals surface area contributed by atoms with E-state index in [-0.39, 0.29) is 0 Å². The van der Waals surface area contributed by atoms with Gasteiger partial charge in [0.1, 0.15) is 0 Å². The lowest BCUT2D eigenvalue weighted by Gasteiger charge is -2.17. The second kappa shape index (κ2) is 7.31. The Kier molecular flexibility index (Phi) is 5.44. The molecule has 0 radical (unpaired) electrons. The number of carboxylic acid groups (broad SMARTS) is 1. The molecule has 0 heterocycles. The second-order valence-corrected chi connectivity index (χ2v) is 5.37. The van der Waals surface area contributed by atoms with Gasteiger partial charge in [0.15, 0.2) is 17.6 Å². The van der Waals surface area contributed by atoms with E-state index in [0.29, 0.717) is 24.0 Å². The SMILES string of the molecule is CCCC(Oc1ccc(CNC2CC2)cc1OC)C(=O)O. The highest BCUT2D eigenvalue weighted by Gasteiger charge is 2.22. The molecule has 1 unspecified atom stereocenters. The molecule has 0 aromatic heterocycles. The predicted octanol–water partition coefficient (Wildman–Crippen LogP) is 2.58. The van der Waals surface area contributed by atoms with Crippen LogP contribution in [0.2, 0.25) is 0 Å². The van der Waals surface area contributed by atoms with Gasteiger partial charge >= 0.3 is 5.97 Å². The van der Waals surface area contributed by atoms with Crippen molar-refractivity contribution in [3.05, 3.63) is 23.8 Å². The van der Waals surface area contributed by atoms with Crippen molar-refractivity contribution >= 4 is 5.97 Å². The normalized spacial score (nSPS) is 15.5. The topological polar surface area (TPSA) is 67.8 Å². The third-order valence-corrected chi connectivity index (χ3v) is 3.50. The number of aliphatic carboxylic acids is 1. The highest BCUT2D eigenvalue weighted by Crippen LogP contribution is 2.30. The third kappa shape index (κ3) is 4.63. The fourth-order valence-corrected chi connectivity index (χ4v) is 2.12. The Morgan fingerprint density at radius 3 is 2.76 bits per heavy atom. The standard InChI is InChI=1S/C16H23NO4/c1-3-4-14(16(18)19)21-13-8-5-11(9-15(13)20-2)10-17-12-6-7-12/h5,8-9,12,14,17H,3-4,6-7,10H2,1-2H3,(H,18,19). The summed E-state index contributed by atoms with van der Waals surface area (Å²) in [6.07, 6.45) is 2.89. The average molecular weight is 293 g/mol. The Hall–Kier alpha value is -1.75. The summed E-state index contributed by atoms with van der Waals surface area (Å²) in [5, 5.41) is 12.6. The van der Waals surface area contributed by atoms with Gasteiger partial charge in [-0.1, -0.05) is 19.4 Å². The number of hydrogen-bond acceptors (Lipinski definition) is 4. The van der Waals surface area contributed by atoms with Crippen LogP contribution >= 0.6 is 0 Å². The van der Waals surface area contributed by atoms with Crippen LogP contribution in [0.4, 0.5) is 0 Å². The third-order valence-electron chi connectivity index (χ3n) is 3.50. The quantitative estimate of drug-likeness (QED) is 0.732. The lowest BCUT2D eigenvalue weighted by Crippen LogP contribution is -2.26. The minimum Gasteiger partial charge on any atom is -0.493 e. The van der Waals surface area contributed by atoms with Crippen LogP contribution in [0, 0.1) is 0 Å². The van der Waals surface area contributed by atoms with Gasteiger partial charge in [-0.15, -0.1) is 0 Å². The minimum atomic E-state index is -0.946. The molecule has 0 amide bonds. The Morgan fingerprint density at radius 1 is 1.43 bits per heavy atom. The van der Waals surface area contributed by atoms with E-state index >= 15 is 0 Å². The molecule has 1 aliphatic rings. The van der Waals surface area contributed by atoms with Gasteiger partial charge in [0.2, 0.25) is 0 Å². The molecular weight excluding hydrogens is 270 g/mol. The van der Waals surface area contributed by atoms with Crippen molar-refractivity contribution in [2.24, 2.45) is 0 Å². The van der Waals surface area contributed by atoms with Crippen LogP contribution in [0.5, 0.6) is 11.5 Å². The lowest BCUT2D eigenvalue weighted by atomic mass is 10.2. The molecule has 1 aliphatic carbocycles. The van der Waals surface area contributed by atoms with Crippen molar-refractivity contribution in [3.63, 3.8) is 0 Å². The number of nitrogens with one attached hydrogen (secondary N) is 1. The van der Waals surface area contributed by atoms with Crippen molar-refractivity contribution in [2.75, 3.05) is 7.11 Å². The first kappa shape index (κ1) is 15.6. The molecule has 1 fully saturated rings. The smallest absolute Gasteiger partial charge is 0.344 e. The zero-order chi connectivity index (χ0) is 15.2. The fourth-order valence-electron chi connectivity index (χ4n) is 2.12. The summed E-state index contributed by atoms with van der Waals surface area (Å²) >= 11 is 0. The number of hydrogen-bond donors (Lipinski definition) is 2. The van der Waals surface area contributed by atoms with E-state index in [1.165, 1.54) is 12.8 Å². The van der Waals surface area contributed by atoms with Crippen molar-refractivity contribution in [1.82, 2.24) is 5.32 Å². The Labute approximate surface area is 125 Å². The highest BCUT2D eigenvalue weighted by atomic mass is 16.5. The van der Waals surface area contributed by atoms with E-state index < -0.39 is 12.1 Å². The molecule has 5 nitrogen and oxygen atoms in total. The number of benzene rings is 1. The molecule has 0 spiro atoms. The summed E-state index contributed by atoms with van der Waals surface area (Å²) in [6, 6.07) is 6.27. The summed E-state index contributed by atoms with van der Waals surface area (Å²) in [4.78, 5) is 11.2. The van der Waals surface area contributed by atoms with Gasteiger partial charge in [-0.25, -0.2) is 4.79 Å². The molecule has 2 N–H and O–H groups in total. The van der Waals surface area contributed by atoms with Crippen molar-refractivity contribution in [1.29, 1.82) is 0 Å². The van der Waals surface area contributed by atoms with Crippen LogP contribution in [0.25, 0.3) is 0 Å². The van der Waals surface area contributed by atoms with Gasteiger partial charge in [0.05, 0.1) is 7.11 Å². The van der Waals surface area contributed by atoms with Gasteiger partial charge in [-0.3, -0.25) is 0 Å². The highest BCUT2D eigenvalue weighted by molar-refractivity contribution is 5.72. The minimum absolute atomic E-state index is 0.476. The zero-order valence-corrected chi connectivity index (χ0v) is 12.6. The Morgan fingerprint density at radius 2 is 2.19 bits per heavy atom. The molecule has 1 aromatic rings. The van der Waals surface area contributed by atoms with Gasteiger partial charge in [-0.05, 0) is 37.0 Å². The number of carbonyl (C=O) groups is 1. The van der Waals surface area contributed by atoms with E-state index in [1.54, 1.807) is 13.2 Å². The van der Waals surface area contributed by atoms with Crippen molar-refractivity contribution in [3.8, 4) is 11.5 Å². The predicted molar refractivity (Wildman–Crippen MR) is 79.8 cm³/mol. The molecule has 21 heavy (non-hydrogen) atoms. The molecule has 116 valence electrons. The van der Waals surface area contributed by atoms with E-state index in [9.17, 15) is 4.79 Å². The molecule has 1 saturated carbocycles. The van der Waals surface area contributed by atoms with Gasteiger partial charge in [-0.2, -0.15) is 0 Å². The van der Waals surface area contributed by atoms with Crippen LogP contribution in [0.3, 0.4) is 0 Å². The summed E-state index contributed by atoms with van der Waals surface area (Å²) in [5.74, 6) is 0.111. The Balaban J connectivity index is 2.05. The first-order valence-electron chi connectivity index (χ1n) is 7.43. The van der Waals surface area contributed by atoms with Crippen LogP contribution < -0.4 is 14.8 Å². The van der Waals surface area contributed by atoms with E-state index in [1.807, 2.05) is 19.1 Å². The first-order chi connectivity index (χ1) is 10.1. The summed E-state index contributed by atoms with van der Waals surface area (Å²) < 4.78 is 10.9. The van der Waals surface area contributed by atoms with Crippen molar-refractivity contribution < 1.29 is 19.4 Å². The van der Waals surface area contributed by atoms with Gasteiger partial charge in [0.25, 0.3) is 0 Å². The van der Waals surface area contributed by atoms with Crippen LogP contribution in [0.1, 0.15) is 38.2 Å². The number of methoxy groups -OCH3 is 1. The molecule has 0 aliphatic heterocycles. The van der Waals surface area contributed by atoms with Crippen LogP contribution in [0.15, 0.2) is 18.2 Å². The maximum atomic E-state index is 11.2. The maximum Gasteiger partial charge on any atom is 0.344 e. The largest absolute Gasteiger partial charge is 0.493 e. The Bertz CT molecular complexity index is 485. The average Bonchev–Trinajstić information content (AvgIpc) is 3.29. The molecular formula is C16H23NO4. The van der Waals surface area contributed by atoms with Crippen LogP contribution in [-0.2, 0) is 11.3 Å². The van der Waals surface area contributed by atoms with Crippen molar-refractivity contribution in [2.45, 2.75) is 51.3 Å². The van der Waals surface area contributed by atoms with E-state index in [4.69, 9.17) is 14.6 Å². The fraction of sp³-hybridized carbons (Fsp3) is 0.562. The lowest BCUT2D eigenvalue weighted by molar-refractivity contribution is -0.145. The maximum absolute atomic E-state index is 11.2. The van der Waals surface area contributed by atoms with E-state index in [0.717, 1.165) is 18.5 Å². The molecule has 0 bridgehead atoms. The number of carboxylic acids is 1. The molecule has 0 saturated heterocycles.